The molecule has 0 bridgehead atoms. The molecular weight excluding hydrogens is 498 g/mol. The van der Waals surface area contributed by atoms with E-state index in [0.717, 1.165) is 12.8 Å². The molecule has 222 valence electrons. The molecule has 0 saturated heterocycles. The Morgan fingerprint density at radius 1 is 0.622 bits per heavy atom. The Kier molecular flexibility index (Phi) is 32.3. The summed E-state index contributed by atoms with van der Waals surface area (Å²) in [7, 11) is 0. The highest BCUT2D eigenvalue weighted by Gasteiger charge is 2.27. The number of aliphatic carboxylic acids is 2. The highest BCUT2D eigenvalue weighted by atomic mass is 16.6. The van der Waals surface area contributed by atoms with Crippen molar-refractivity contribution in [3.05, 3.63) is 10.1 Å². The first-order chi connectivity index (χ1) is 17.6. The number of nitro groups is 1. The number of unbranched alkanes of at least 4 members (excludes halogenated alkanes) is 4. The maximum atomic E-state index is 10.5. The minimum atomic E-state index is -1.52. The predicted octanol–water partition coefficient (Wildman–Crippen LogP) is -1.94. The number of hydrogen-bond acceptors (Lipinski definition) is 12. The van der Waals surface area contributed by atoms with Crippen molar-refractivity contribution in [1.82, 2.24) is 9.80 Å². The van der Waals surface area contributed by atoms with Crippen LogP contribution in [0.25, 0.3) is 0 Å². The van der Waals surface area contributed by atoms with Gasteiger partial charge in [0.1, 0.15) is 0 Å². The van der Waals surface area contributed by atoms with E-state index < -0.39 is 22.9 Å². The molecule has 0 aromatic carbocycles. The molecule has 15 heteroatoms. The summed E-state index contributed by atoms with van der Waals surface area (Å²) in [6, 6.07) is -1.52. The quantitative estimate of drug-likeness (QED) is 0.0419. The van der Waals surface area contributed by atoms with Crippen molar-refractivity contribution >= 4 is 11.9 Å². The number of carbonyl (C=O) groups is 2. The second kappa shape index (κ2) is 30.2. The van der Waals surface area contributed by atoms with E-state index >= 15 is 0 Å². The maximum absolute atomic E-state index is 10.5. The number of carboxylic acids is 2. The first kappa shape index (κ1) is 39.5. The van der Waals surface area contributed by atoms with Gasteiger partial charge in [0.05, 0.1) is 39.6 Å². The SMILES string of the molecule is O=C(O)CCCCCCCC(C(=O)O)[N+](=O)[O-].OCCN(CCO)CCO.OCCN(CCO)CCO. The van der Waals surface area contributed by atoms with Crippen LogP contribution >= 0.6 is 0 Å². The standard InChI is InChI=1S/C10H17NO6.2C6H15NO3/c12-9(13)7-5-3-1-2-4-6-8(10(14)15)11(16)17;2*8-4-1-7(2-5-9)3-6-10/h8H,1-7H2,(H,12,13)(H,14,15);2*8-10H,1-6H2. The molecule has 0 rings (SSSR count). The van der Waals surface area contributed by atoms with Crippen molar-refractivity contribution in [2.45, 2.75) is 51.0 Å². The number of rotatable bonds is 22. The van der Waals surface area contributed by atoms with Gasteiger partial charge in [-0.15, -0.1) is 0 Å². The number of carboxylic acid groups (broad SMARTS) is 2. The Labute approximate surface area is 217 Å². The highest BCUT2D eigenvalue weighted by molar-refractivity contribution is 5.71. The summed E-state index contributed by atoms with van der Waals surface area (Å²) in [5.41, 5.74) is 0. The molecule has 0 radical (unpaired) electrons. The van der Waals surface area contributed by atoms with Gasteiger partial charge in [-0.25, -0.2) is 4.79 Å². The largest absolute Gasteiger partial charge is 0.481 e. The van der Waals surface area contributed by atoms with E-state index in [2.05, 4.69) is 0 Å². The van der Waals surface area contributed by atoms with Crippen LogP contribution in [0.2, 0.25) is 0 Å². The second-order valence-electron chi connectivity index (χ2n) is 7.86. The Balaban J connectivity index is -0.000000499. The first-order valence-electron chi connectivity index (χ1n) is 12.3. The maximum Gasteiger partial charge on any atom is 0.379 e. The first-order valence-corrected chi connectivity index (χ1v) is 12.3. The van der Waals surface area contributed by atoms with Gasteiger partial charge < -0.3 is 40.9 Å². The van der Waals surface area contributed by atoms with Crippen LogP contribution in [0.4, 0.5) is 0 Å². The molecule has 0 heterocycles. The summed E-state index contributed by atoms with van der Waals surface area (Å²) in [6.45, 7) is 3.51. The average Bonchev–Trinajstić information content (AvgIpc) is 2.82. The molecule has 0 spiro atoms. The Morgan fingerprint density at radius 3 is 1.22 bits per heavy atom. The minimum Gasteiger partial charge on any atom is -0.481 e. The lowest BCUT2D eigenvalue weighted by molar-refractivity contribution is -0.511. The van der Waals surface area contributed by atoms with E-state index in [0.29, 0.717) is 58.5 Å². The Bertz CT molecular complexity index is 483. The van der Waals surface area contributed by atoms with Crippen LogP contribution in [0.1, 0.15) is 44.9 Å². The topological polar surface area (TPSA) is 246 Å². The summed E-state index contributed by atoms with van der Waals surface area (Å²) >= 11 is 0. The molecule has 0 aliphatic carbocycles. The fraction of sp³-hybridized carbons (Fsp3) is 0.909. The van der Waals surface area contributed by atoms with Crippen LogP contribution in [0.15, 0.2) is 0 Å². The van der Waals surface area contributed by atoms with Gasteiger partial charge in [0, 0.05) is 57.0 Å². The summed E-state index contributed by atoms with van der Waals surface area (Å²) in [5, 5.41) is 78.2. The van der Waals surface area contributed by atoms with Crippen molar-refractivity contribution in [3.8, 4) is 0 Å². The van der Waals surface area contributed by atoms with Crippen LogP contribution in [-0.4, -0.2) is 152 Å². The molecule has 1 atom stereocenters. The molecule has 8 N–H and O–H groups in total. The Morgan fingerprint density at radius 2 is 0.946 bits per heavy atom. The lowest BCUT2D eigenvalue weighted by Crippen LogP contribution is -2.32. The van der Waals surface area contributed by atoms with E-state index in [4.69, 9.17) is 40.9 Å². The molecule has 15 nitrogen and oxygen atoms in total. The summed E-state index contributed by atoms with van der Waals surface area (Å²) in [6.07, 6.45) is 3.45. The van der Waals surface area contributed by atoms with Crippen LogP contribution in [-0.2, 0) is 9.59 Å². The van der Waals surface area contributed by atoms with Gasteiger partial charge >= 0.3 is 18.0 Å². The molecular formula is C22H47N3O12. The molecule has 0 saturated carbocycles. The zero-order valence-corrected chi connectivity index (χ0v) is 21.6. The monoisotopic (exact) mass is 545 g/mol. The van der Waals surface area contributed by atoms with Gasteiger partial charge in [0.25, 0.3) is 0 Å². The lowest BCUT2D eigenvalue weighted by Gasteiger charge is -2.17. The van der Waals surface area contributed by atoms with Gasteiger partial charge in [-0.1, -0.05) is 19.3 Å². The van der Waals surface area contributed by atoms with E-state index in [9.17, 15) is 19.7 Å². The smallest absolute Gasteiger partial charge is 0.379 e. The molecule has 0 aliphatic rings. The lowest BCUT2D eigenvalue weighted by atomic mass is 10.1. The molecule has 0 fully saturated rings. The zero-order valence-electron chi connectivity index (χ0n) is 21.6. The molecule has 1 unspecified atom stereocenters. The third kappa shape index (κ3) is 30.1. The molecule has 0 aromatic heterocycles. The highest BCUT2D eigenvalue weighted by Crippen LogP contribution is 2.10. The van der Waals surface area contributed by atoms with Crippen LogP contribution < -0.4 is 0 Å². The third-order valence-corrected chi connectivity index (χ3v) is 4.91. The van der Waals surface area contributed by atoms with Crippen LogP contribution in [0, 0.1) is 10.1 Å². The van der Waals surface area contributed by atoms with E-state index in [1.54, 1.807) is 9.80 Å². The van der Waals surface area contributed by atoms with Crippen LogP contribution in [0.3, 0.4) is 0 Å². The number of nitrogens with zero attached hydrogens (tertiary/aromatic N) is 3. The molecule has 0 aliphatic heterocycles. The molecule has 0 amide bonds. The van der Waals surface area contributed by atoms with Gasteiger partial charge in [-0.3, -0.25) is 24.7 Å². The number of aliphatic hydroxyl groups is 6. The fourth-order valence-corrected chi connectivity index (χ4v) is 2.98. The van der Waals surface area contributed by atoms with Gasteiger partial charge in [-0.2, -0.15) is 0 Å². The summed E-state index contributed by atoms with van der Waals surface area (Å²) in [5.74, 6) is -2.23. The zero-order chi connectivity index (χ0) is 28.9. The fourth-order valence-electron chi connectivity index (χ4n) is 2.98. The number of aliphatic hydroxyl groups excluding tert-OH is 6. The average molecular weight is 546 g/mol. The minimum absolute atomic E-state index is 0.0290. The Hall–Kier alpha value is -1.98. The second-order valence-corrected chi connectivity index (χ2v) is 7.86. The van der Waals surface area contributed by atoms with Gasteiger partial charge in [0.15, 0.2) is 0 Å². The van der Waals surface area contributed by atoms with E-state index in [-0.39, 0.29) is 52.5 Å². The predicted molar refractivity (Wildman–Crippen MR) is 134 cm³/mol. The molecule has 37 heavy (non-hydrogen) atoms. The van der Waals surface area contributed by atoms with Crippen molar-refractivity contribution < 1.29 is 55.4 Å². The van der Waals surface area contributed by atoms with Crippen LogP contribution in [0.5, 0.6) is 0 Å². The van der Waals surface area contributed by atoms with E-state index in [1.165, 1.54) is 0 Å². The number of hydrogen-bond donors (Lipinski definition) is 8. The van der Waals surface area contributed by atoms with Crippen molar-refractivity contribution in [2.24, 2.45) is 0 Å². The van der Waals surface area contributed by atoms with Crippen molar-refractivity contribution in [1.29, 1.82) is 0 Å². The summed E-state index contributed by atoms with van der Waals surface area (Å²) in [4.78, 5) is 33.8. The van der Waals surface area contributed by atoms with E-state index in [1.807, 2.05) is 0 Å². The van der Waals surface area contributed by atoms with Gasteiger partial charge in [0.2, 0.25) is 0 Å². The van der Waals surface area contributed by atoms with Crippen molar-refractivity contribution in [2.75, 3.05) is 78.9 Å². The summed E-state index contributed by atoms with van der Waals surface area (Å²) < 4.78 is 0. The van der Waals surface area contributed by atoms with Gasteiger partial charge in [-0.05, 0) is 12.8 Å². The van der Waals surface area contributed by atoms with Crippen molar-refractivity contribution in [3.63, 3.8) is 0 Å². The molecule has 0 aromatic rings. The normalized spacial score (nSPS) is 11.4. The third-order valence-electron chi connectivity index (χ3n) is 4.91.